The van der Waals surface area contributed by atoms with Gasteiger partial charge in [-0.2, -0.15) is 0 Å². The fourth-order valence-corrected chi connectivity index (χ4v) is 1.86. The molecule has 2 aliphatic rings. The number of hydrogen-bond donors (Lipinski definition) is 2. The first-order chi connectivity index (χ1) is 7.45. The lowest BCUT2D eigenvalue weighted by molar-refractivity contribution is 0.414. The minimum Gasteiger partial charge on any atom is -0.382 e. The van der Waals surface area contributed by atoms with Gasteiger partial charge in [0.1, 0.15) is 0 Å². The molecule has 1 saturated heterocycles. The summed E-state index contributed by atoms with van der Waals surface area (Å²) in [5.74, 6) is 0. The van der Waals surface area contributed by atoms with Crippen molar-refractivity contribution in [3.8, 4) is 0 Å². The fourth-order valence-electron chi connectivity index (χ4n) is 1.86. The molecule has 2 nitrogen and oxygen atoms in total. The molecular formula is C13H18N2. The van der Waals surface area contributed by atoms with Crippen LogP contribution in [0.5, 0.6) is 0 Å². The second-order valence-corrected chi connectivity index (χ2v) is 3.92. The molecule has 0 spiro atoms. The van der Waals surface area contributed by atoms with Gasteiger partial charge in [-0.15, -0.1) is 0 Å². The average Bonchev–Trinajstić information content (AvgIpc) is 2.23. The first-order valence-electron chi connectivity index (χ1n) is 5.64. The van der Waals surface area contributed by atoms with Crippen molar-refractivity contribution < 1.29 is 0 Å². The van der Waals surface area contributed by atoms with Crippen molar-refractivity contribution in [3.63, 3.8) is 0 Å². The molecule has 2 rings (SSSR count). The average molecular weight is 202 g/mol. The predicted molar refractivity (Wildman–Crippen MR) is 64.5 cm³/mol. The van der Waals surface area contributed by atoms with Crippen LogP contribution in [0.3, 0.4) is 0 Å². The van der Waals surface area contributed by atoms with Crippen LogP contribution in [-0.4, -0.2) is 19.1 Å². The van der Waals surface area contributed by atoms with E-state index in [4.69, 9.17) is 0 Å². The van der Waals surface area contributed by atoms with Gasteiger partial charge in [0.05, 0.1) is 0 Å². The Balaban J connectivity index is 1.92. The number of nitrogens with one attached hydrogen (secondary N) is 2. The van der Waals surface area contributed by atoms with E-state index in [0.717, 1.165) is 13.1 Å². The summed E-state index contributed by atoms with van der Waals surface area (Å²) in [5, 5.41) is 6.95. The van der Waals surface area contributed by atoms with Crippen LogP contribution in [-0.2, 0) is 0 Å². The second kappa shape index (κ2) is 5.56. The molecular weight excluding hydrogens is 184 g/mol. The minimum atomic E-state index is 0.624. The Bertz CT molecular complexity index is 304. The Kier molecular flexibility index (Phi) is 3.80. The topological polar surface area (TPSA) is 24.1 Å². The lowest BCUT2D eigenvalue weighted by Gasteiger charge is -2.25. The highest BCUT2D eigenvalue weighted by Gasteiger charge is 2.12. The lowest BCUT2D eigenvalue weighted by atomic mass is 10.1. The van der Waals surface area contributed by atoms with E-state index in [1.807, 2.05) is 18.2 Å². The van der Waals surface area contributed by atoms with E-state index in [2.05, 4.69) is 34.9 Å². The molecule has 2 N–H and O–H groups in total. The van der Waals surface area contributed by atoms with Crippen LogP contribution in [0.1, 0.15) is 12.8 Å². The highest BCUT2D eigenvalue weighted by atomic mass is 15.0. The quantitative estimate of drug-likeness (QED) is 0.714. The number of hydrogen-bond acceptors (Lipinski definition) is 2. The van der Waals surface area contributed by atoms with Crippen molar-refractivity contribution in [2.45, 2.75) is 18.9 Å². The highest BCUT2D eigenvalue weighted by Crippen LogP contribution is 2.06. The van der Waals surface area contributed by atoms with Crippen LogP contribution < -0.4 is 10.6 Å². The summed E-state index contributed by atoms with van der Waals surface area (Å²) in [6, 6.07) is 0.624. The van der Waals surface area contributed by atoms with E-state index >= 15 is 0 Å². The smallest absolute Gasteiger partial charge is 0.0342 e. The van der Waals surface area contributed by atoms with Gasteiger partial charge in [-0.1, -0.05) is 30.4 Å². The molecule has 0 aromatic heterocycles. The van der Waals surface area contributed by atoms with Gasteiger partial charge >= 0.3 is 0 Å². The molecule has 0 saturated carbocycles. The summed E-state index contributed by atoms with van der Waals surface area (Å²) in [4.78, 5) is 0. The summed E-state index contributed by atoms with van der Waals surface area (Å²) >= 11 is 0. The van der Waals surface area contributed by atoms with E-state index in [-0.39, 0.29) is 0 Å². The summed E-state index contributed by atoms with van der Waals surface area (Å²) < 4.78 is 0. The Hall–Kier alpha value is -1.28. The Morgan fingerprint density at radius 1 is 1.00 bits per heavy atom. The standard InChI is InChI=1S/C13H18N2/c1-2-4-6-12(7-5-3-1)15-13-8-10-14-11-9-13/h1-7,13-15H,8-11H2/b2-1-,3-1?,4-2?,5-3-,6-4-,7-5?,12-6?,12-7+. The van der Waals surface area contributed by atoms with Crippen LogP contribution in [0.4, 0.5) is 0 Å². The van der Waals surface area contributed by atoms with Crippen molar-refractivity contribution >= 4 is 0 Å². The molecule has 0 aromatic rings. The molecule has 0 atom stereocenters. The molecule has 1 aliphatic heterocycles. The number of piperidine rings is 1. The normalized spacial score (nSPS) is 31.9. The largest absolute Gasteiger partial charge is 0.382 e. The van der Waals surface area contributed by atoms with E-state index < -0.39 is 0 Å². The van der Waals surface area contributed by atoms with Gasteiger partial charge in [-0.25, -0.2) is 0 Å². The Labute approximate surface area is 91.4 Å². The van der Waals surface area contributed by atoms with Crippen LogP contribution in [0, 0.1) is 0 Å². The van der Waals surface area contributed by atoms with Crippen molar-refractivity contribution in [2.75, 3.05) is 13.1 Å². The monoisotopic (exact) mass is 202 g/mol. The molecule has 1 heterocycles. The molecule has 0 unspecified atom stereocenters. The summed E-state index contributed by atoms with van der Waals surface area (Å²) in [5.41, 5.74) is 1.21. The van der Waals surface area contributed by atoms with E-state index in [1.165, 1.54) is 18.5 Å². The zero-order chi connectivity index (χ0) is 10.3. The van der Waals surface area contributed by atoms with Gasteiger partial charge in [0.25, 0.3) is 0 Å². The van der Waals surface area contributed by atoms with Gasteiger partial charge in [0.15, 0.2) is 0 Å². The van der Waals surface area contributed by atoms with Gasteiger partial charge in [-0.05, 0) is 38.1 Å². The van der Waals surface area contributed by atoms with Crippen LogP contribution >= 0.6 is 0 Å². The van der Waals surface area contributed by atoms with Crippen LogP contribution in [0.25, 0.3) is 0 Å². The summed E-state index contributed by atoms with van der Waals surface area (Å²) in [6.45, 7) is 2.26. The summed E-state index contributed by atoms with van der Waals surface area (Å²) in [6.07, 6.45) is 17.0. The predicted octanol–water partition coefficient (Wildman–Crippen LogP) is 1.89. The maximum Gasteiger partial charge on any atom is 0.0342 e. The highest BCUT2D eigenvalue weighted by molar-refractivity contribution is 5.30. The van der Waals surface area contributed by atoms with Crippen molar-refractivity contribution in [1.29, 1.82) is 0 Å². The molecule has 1 aliphatic carbocycles. The maximum atomic E-state index is 3.57. The molecule has 0 bridgehead atoms. The van der Waals surface area contributed by atoms with Gasteiger partial charge < -0.3 is 10.6 Å². The molecule has 15 heavy (non-hydrogen) atoms. The zero-order valence-electron chi connectivity index (χ0n) is 8.95. The fraction of sp³-hybridized carbons (Fsp3) is 0.385. The summed E-state index contributed by atoms with van der Waals surface area (Å²) in [7, 11) is 0. The van der Waals surface area contributed by atoms with Gasteiger partial charge in [-0.3, -0.25) is 0 Å². The van der Waals surface area contributed by atoms with E-state index in [0.29, 0.717) is 6.04 Å². The van der Waals surface area contributed by atoms with E-state index in [1.54, 1.807) is 0 Å². The molecule has 0 radical (unpaired) electrons. The molecule has 2 heteroatoms. The van der Waals surface area contributed by atoms with Crippen molar-refractivity contribution in [2.24, 2.45) is 0 Å². The van der Waals surface area contributed by atoms with Crippen LogP contribution in [0.2, 0.25) is 0 Å². The molecule has 1 fully saturated rings. The SMILES string of the molecule is C1=C\C=C/C(NC2CCNCC2)=C\C=C/1. The third-order valence-electron chi connectivity index (χ3n) is 2.71. The third-order valence-corrected chi connectivity index (χ3v) is 2.71. The minimum absolute atomic E-state index is 0.624. The molecule has 0 aromatic carbocycles. The van der Waals surface area contributed by atoms with E-state index in [9.17, 15) is 0 Å². The van der Waals surface area contributed by atoms with Crippen molar-refractivity contribution in [1.82, 2.24) is 10.6 Å². The Morgan fingerprint density at radius 2 is 1.73 bits per heavy atom. The molecule has 80 valence electrons. The first kappa shape index (κ1) is 10.2. The molecule has 0 amide bonds. The zero-order valence-corrected chi connectivity index (χ0v) is 8.95. The van der Waals surface area contributed by atoms with Crippen molar-refractivity contribution in [3.05, 3.63) is 48.2 Å². The number of allylic oxidation sites excluding steroid dienone is 7. The van der Waals surface area contributed by atoms with Gasteiger partial charge in [0.2, 0.25) is 0 Å². The van der Waals surface area contributed by atoms with Gasteiger partial charge in [0, 0.05) is 11.7 Å². The second-order valence-electron chi connectivity index (χ2n) is 3.92. The first-order valence-corrected chi connectivity index (χ1v) is 5.64. The lowest BCUT2D eigenvalue weighted by Crippen LogP contribution is -2.39. The Morgan fingerprint density at radius 3 is 2.60 bits per heavy atom. The maximum absolute atomic E-state index is 3.57. The van der Waals surface area contributed by atoms with Crippen LogP contribution in [0.15, 0.2) is 48.2 Å². The third kappa shape index (κ3) is 3.40. The number of rotatable bonds is 2.